The molecule has 0 rings (SSSR count). The molecule has 0 saturated carbocycles. The minimum atomic E-state index is -0.270. The van der Waals surface area contributed by atoms with Crippen LogP contribution in [-0.2, 0) is 14.3 Å². The SMILES string of the molecule is C=C(C)C(=O)OCCCCCCCCCCOCC[N+](C)(C)C. The van der Waals surface area contributed by atoms with Crippen LogP contribution in [0, 0.1) is 0 Å². The minimum Gasteiger partial charge on any atom is -0.462 e. The fourth-order valence-electron chi connectivity index (χ4n) is 2.10. The van der Waals surface area contributed by atoms with E-state index in [0.29, 0.717) is 12.2 Å². The summed E-state index contributed by atoms with van der Waals surface area (Å²) >= 11 is 0. The van der Waals surface area contributed by atoms with E-state index in [-0.39, 0.29) is 5.97 Å². The Balaban J connectivity index is 3.14. The van der Waals surface area contributed by atoms with Crippen molar-refractivity contribution in [1.82, 2.24) is 0 Å². The number of esters is 1. The van der Waals surface area contributed by atoms with Crippen LogP contribution in [0.25, 0.3) is 0 Å². The number of carbonyl (C=O) groups is 1. The number of likely N-dealkylation sites (N-methyl/N-ethyl adjacent to an activating group) is 1. The zero-order valence-corrected chi connectivity index (χ0v) is 15.9. The maximum absolute atomic E-state index is 11.2. The third-order valence-electron chi connectivity index (χ3n) is 3.67. The molecule has 4 heteroatoms. The molecule has 0 heterocycles. The van der Waals surface area contributed by atoms with E-state index in [2.05, 4.69) is 27.7 Å². The van der Waals surface area contributed by atoms with Crippen LogP contribution < -0.4 is 0 Å². The molecule has 0 aliphatic heterocycles. The number of carbonyl (C=O) groups excluding carboxylic acids is 1. The second-order valence-electron chi connectivity index (χ2n) is 7.37. The standard InChI is InChI=1S/C19H38NO3/c1-18(2)19(21)23-16-13-11-9-7-6-8-10-12-15-22-17-14-20(3,4)5/h1,6-17H2,2-5H3/q+1. The molecule has 0 bridgehead atoms. The van der Waals surface area contributed by atoms with Crippen molar-refractivity contribution in [1.29, 1.82) is 0 Å². The Morgan fingerprint density at radius 1 is 0.826 bits per heavy atom. The Bertz CT molecular complexity index is 321. The molecule has 0 aromatic rings. The van der Waals surface area contributed by atoms with Gasteiger partial charge in [0.2, 0.25) is 0 Å². The van der Waals surface area contributed by atoms with Crippen molar-refractivity contribution in [3.63, 3.8) is 0 Å². The van der Waals surface area contributed by atoms with E-state index < -0.39 is 0 Å². The lowest BCUT2D eigenvalue weighted by Crippen LogP contribution is -2.37. The summed E-state index contributed by atoms with van der Waals surface area (Å²) in [6.07, 6.45) is 9.63. The molecule has 0 saturated heterocycles. The van der Waals surface area contributed by atoms with Gasteiger partial charge in [-0.2, -0.15) is 0 Å². The van der Waals surface area contributed by atoms with Crippen molar-refractivity contribution in [3.8, 4) is 0 Å². The van der Waals surface area contributed by atoms with Crippen molar-refractivity contribution in [3.05, 3.63) is 12.2 Å². The molecule has 0 radical (unpaired) electrons. The van der Waals surface area contributed by atoms with Crippen LogP contribution in [0.4, 0.5) is 0 Å². The fraction of sp³-hybridized carbons (Fsp3) is 0.842. The molecule has 0 aromatic heterocycles. The zero-order valence-electron chi connectivity index (χ0n) is 15.9. The number of ether oxygens (including phenoxy) is 2. The van der Waals surface area contributed by atoms with Crippen LogP contribution in [0.1, 0.15) is 58.3 Å². The minimum absolute atomic E-state index is 0.270. The Labute approximate surface area is 143 Å². The van der Waals surface area contributed by atoms with E-state index in [1.165, 1.54) is 38.5 Å². The van der Waals surface area contributed by atoms with Crippen LogP contribution in [0.5, 0.6) is 0 Å². The monoisotopic (exact) mass is 328 g/mol. The Morgan fingerprint density at radius 3 is 1.78 bits per heavy atom. The molecular weight excluding hydrogens is 290 g/mol. The first-order valence-electron chi connectivity index (χ1n) is 9.04. The highest BCUT2D eigenvalue weighted by Gasteiger charge is 2.05. The summed E-state index contributed by atoms with van der Waals surface area (Å²) in [5.41, 5.74) is 0.478. The van der Waals surface area contributed by atoms with Gasteiger partial charge in [-0.3, -0.25) is 0 Å². The summed E-state index contributed by atoms with van der Waals surface area (Å²) in [5.74, 6) is -0.270. The summed E-state index contributed by atoms with van der Waals surface area (Å²) in [4.78, 5) is 11.2. The Hall–Kier alpha value is -0.870. The van der Waals surface area contributed by atoms with Crippen LogP contribution in [0.3, 0.4) is 0 Å². The van der Waals surface area contributed by atoms with E-state index in [1.807, 2.05) is 0 Å². The lowest BCUT2D eigenvalue weighted by Gasteiger charge is -2.23. The molecule has 0 amide bonds. The molecule has 4 nitrogen and oxygen atoms in total. The third kappa shape index (κ3) is 17.3. The second-order valence-corrected chi connectivity index (χ2v) is 7.37. The first kappa shape index (κ1) is 22.1. The van der Waals surface area contributed by atoms with Gasteiger partial charge in [0.15, 0.2) is 0 Å². The molecule has 0 fully saturated rings. The van der Waals surface area contributed by atoms with Gasteiger partial charge in [0.25, 0.3) is 0 Å². The third-order valence-corrected chi connectivity index (χ3v) is 3.67. The van der Waals surface area contributed by atoms with Gasteiger partial charge in [-0.05, 0) is 19.8 Å². The quantitative estimate of drug-likeness (QED) is 0.198. The van der Waals surface area contributed by atoms with Gasteiger partial charge in [-0.25, -0.2) is 4.79 Å². The van der Waals surface area contributed by atoms with Crippen LogP contribution >= 0.6 is 0 Å². The average molecular weight is 329 g/mol. The van der Waals surface area contributed by atoms with Crippen LogP contribution in [0.15, 0.2) is 12.2 Å². The van der Waals surface area contributed by atoms with E-state index >= 15 is 0 Å². The molecule has 0 unspecified atom stereocenters. The summed E-state index contributed by atoms with van der Waals surface area (Å²) in [6, 6.07) is 0. The number of unbranched alkanes of at least 4 members (excludes halogenated alkanes) is 7. The number of nitrogens with zero attached hydrogens (tertiary/aromatic N) is 1. The van der Waals surface area contributed by atoms with Crippen molar-refractivity contribution in [2.75, 3.05) is 47.5 Å². The zero-order chi connectivity index (χ0) is 17.6. The van der Waals surface area contributed by atoms with Gasteiger partial charge in [0, 0.05) is 12.2 Å². The van der Waals surface area contributed by atoms with Gasteiger partial charge in [0.05, 0.1) is 34.4 Å². The molecule has 0 aliphatic carbocycles. The smallest absolute Gasteiger partial charge is 0.333 e. The van der Waals surface area contributed by atoms with Crippen molar-refractivity contribution in [2.45, 2.75) is 58.3 Å². The molecule has 0 atom stereocenters. The number of quaternary nitrogens is 1. The van der Waals surface area contributed by atoms with Crippen molar-refractivity contribution < 1.29 is 18.8 Å². The highest BCUT2D eigenvalue weighted by molar-refractivity contribution is 5.86. The van der Waals surface area contributed by atoms with Gasteiger partial charge >= 0.3 is 5.97 Å². The first-order valence-corrected chi connectivity index (χ1v) is 9.04. The topological polar surface area (TPSA) is 35.5 Å². The van der Waals surface area contributed by atoms with Gasteiger partial charge in [-0.1, -0.05) is 45.1 Å². The van der Waals surface area contributed by atoms with Crippen LogP contribution in [-0.4, -0.2) is 58.0 Å². The average Bonchev–Trinajstić information content (AvgIpc) is 2.46. The van der Waals surface area contributed by atoms with Gasteiger partial charge < -0.3 is 14.0 Å². The van der Waals surface area contributed by atoms with Gasteiger partial charge in [-0.15, -0.1) is 0 Å². The largest absolute Gasteiger partial charge is 0.462 e. The highest BCUT2D eigenvalue weighted by atomic mass is 16.5. The molecule has 0 spiro atoms. The molecule has 136 valence electrons. The lowest BCUT2D eigenvalue weighted by molar-refractivity contribution is -0.870. The van der Waals surface area contributed by atoms with Crippen molar-refractivity contribution >= 4 is 5.97 Å². The first-order chi connectivity index (χ1) is 10.8. The lowest BCUT2D eigenvalue weighted by atomic mass is 10.1. The molecule has 23 heavy (non-hydrogen) atoms. The highest BCUT2D eigenvalue weighted by Crippen LogP contribution is 2.09. The maximum Gasteiger partial charge on any atom is 0.333 e. The van der Waals surface area contributed by atoms with E-state index in [9.17, 15) is 4.79 Å². The van der Waals surface area contributed by atoms with E-state index in [0.717, 1.165) is 37.1 Å². The summed E-state index contributed by atoms with van der Waals surface area (Å²) in [7, 11) is 6.57. The number of hydrogen-bond acceptors (Lipinski definition) is 3. The summed E-state index contributed by atoms with van der Waals surface area (Å²) in [6.45, 7) is 8.59. The number of hydrogen-bond donors (Lipinski definition) is 0. The molecule has 0 N–H and O–H groups in total. The summed E-state index contributed by atoms with van der Waals surface area (Å²) in [5, 5.41) is 0. The predicted octanol–water partition coefficient (Wildman–Crippen LogP) is 3.95. The normalized spacial score (nSPS) is 11.5. The van der Waals surface area contributed by atoms with Crippen LogP contribution in [0.2, 0.25) is 0 Å². The van der Waals surface area contributed by atoms with E-state index in [1.54, 1.807) is 6.92 Å². The second kappa shape index (κ2) is 13.6. The molecule has 0 aliphatic rings. The van der Waals surface area contributed by atoms with E-state index in [4.69, 9.17) is 9.47 Å². The summed E-state index contributed by atoms with van der Waals surface area (Å²) < 4.78 is 11.7. The molecule has 0 aromatic carbocycles. The van der Waals surface area contributed by atoms with Crippen molar-refractivity contribution in [2.24, 2.45) is 0 Å². The maximum atomic E-state index is 11.2. The Kier molecular flexibility index (Phi) is 13.0. The predicted molar refractivity (Wildman–Crippen MR) is 96.4 cm³/mol. The molecular formula is C19H38NO3+. The van der Waals surface area contributed by atoms with Gasteiger partial charge in [0.1, 0.15) is 6.54 Å². The Morgan fingerprint density at radius 2 is 1.30 bits per heavy atom. The fourth-order valence-corrected chi connectivity index (χ4v) is 2.10. The number of rotatable bonds is 15.